The number of rotatable bonds is 2. The molecule has 106 valence electrons. The second-order valence-corrected chi connectivity index (χ2v) is 5.46. The molecule has 0 amide bonds. The Morgan fingerprint density at radius 1 is 1.00 bits per heavy atom. The van der Waals surface area contributed by atoms with Gasteiger partial charge in [-0.25, -0.2) is 4.98 Å². The van der Waals surface area contributed by atoms with Gasteiger partial charge in [0, 0.05) is 27.9 Å². The van der Waals surface area contributed by atoms with E-state index < -0.39 is 0 Å². The number of aromatic amines is 1. The lowest BCUT2D eigenvalue weighted by Crippen LogP contribution is -1.93. The molecule has 0 aliphatic carbocycles. The van der Waals surface area contributed by atoms with Gasteiger partial charge in [0.05, 0.1) is 11.0 Å². The molecule has 0 spiro atoms. The largest absolute Gasteiger partial charge is 0.454 e. The summed E-state index contributed by atoms with van der Waals surface area (Å²) in [6, 6.07) is 8.91. The molecule has 3 aromatic rings. The molecule has 0 atom stereocenters. The number of hydrogen-bond donors (Lipinski definition) is 2. The van der Waals surface area contributed by atoms with Crippen LogP contribution in [-0.2, 0) is 0 Å². The van der Waals surface area contributed by atoms with Gasteiger partial charge in [-0.1, -0.05) is 23.2 Å². The Bertz CT molecular complexity index is 786. The van der Waals surface area contributed by atoms with E-state index in [4.69, 9.17) is 32.7 Å². The van der Waals surface area contributed by atoms with Crippen molar-refractivity contribution in [2.24, 2.45) is 0 Å². The monoisotopic (exact) mass is 321 g/mol. The van der Waals surface area contributed by atoms with Crippen molar-refractivity contribution in [1.29, 1.82) is 0 Å². The molecule has 0 bridgehead atoms. The maximum absolute atomic E-state index is 5.97. The molecule has 1 aliphatic rings. The summed E-state index contributed by atoms with van der Waals surface area (Å²) >= 11 is 11.9. The fourth-order valence-corrected chi connectivity index (χ4v) is 2.75. The van der Waals surface area contributed by atoms with Crippen LogP contribution in [0, 0.1) is 0 Å². The highest BCUT2D eigenvalue weighted by molar-refractivity contribution is 6.35. The normalized spacial score (nSPS) is 12.9. The Hall–Kier alpha value is -2.11. The summed E-state index contributed by atoms with van der Waals surface area (Å²) in [5.74, 6) is 2.00. The Labute approximate surface area is 129 Å². The fraction of sp³-hybridized carbons (Fsp3) is 0.0714. The van der Waals surface area contributed by atoms with Gasteiger partial charge in [-0.3, -0.25) is 0 Å². The van der Waals surface area contributed by atoms with E-state index in [1.54, 1.807) is 18.2 Å². The van der Waals surface area contributed by atoms with E-state index in [0.29, 0.717) is 27.5 Å². The molecule has 2 heterocycles. The predicted octanol–water partition coefficient (Wildman–Crippen LogP) is 4.34. The highest BCUT2D eigenvalue weighted by Gasteiger charge is 2.16. The summed E-state index contributed by atoms with van der Waals surface area (Å²) < 4.78 is 10.7. The van der Waals surface area contributed by atoms with E-state index in [-0.39, 0.29) is 6.79 Å². The molecular formula is C14H9Cl2N3O2. The summed E-state index contributed by atoms with van der Waals surface area (Å²) in [5, 5.41) is 4.25. The SMILES string of the molecule is Clc1cc(Cl)cc(Nc2nc3cc4c(cc3[nH]2)OCO4)c1. The number of nitrogens with zero attached hydrogens (tertiary/aromatic N) is 1. The van der Waals surface area contributed by atoms with Crippen molar-refractivity contribution < 1.29 is 9.47 Å². The van der Waals surface area contributed by atoms with E-state index in [1.165, 1.54) is 0 Å². The minimum Gasteiger partial charge on any atom is -0.454 e. The van der Waals surface area contributed by atoms with Gasteiger partial charge in [-0.15, -0.1) is 0 Å². The number of halogens is 2. The van der Waals surface area contributed by atoms with E-state index in [1.807, 2.05) is 12.1 Å². The molecule has 2 N–H and O–H groups in total. The summed E-state index contributed by atoms with van der Waals surface area (Å²) in [6.07, 6.45) is 0. The number of imidazole rings is 1. The van der Waals surface area contributed by atoms with Gasteiger partial charge in [0.1, 0.15) is 0 Å². The number of H-pyrrole nitrogens is 1. The van der Waals surface area contributed by atoms with Gasteiger partial charge in [0.15, 0.2) is 11.5 Å². The van der Waals surface area contributed by atoms with Gasteiger partial charge in [0.25, 0.3) is 0 Å². The van der Waals surface area contributed by atoms with Gasteiger partial charge < -0.3 is 19.8 Å². The molecule has 0 saturated carbocycles. The first-order chi connectivity index (χ1) is 10.2. The molecule has 0 unspecified atom stereocenters. The summed E-state index contributed by atoms with van der Waals surface area (Å²) in [6.45, 7) is 0.244. The van der Waals surface area contributed by atoms with Crippen LogP contribution < -0.4 is 14.8 Å². The van der Waals surface area contributed by atoms with Gasteiger partial charge in [-0.2, -0.15) is 0 Å². The third-order valence-electron chi connectivity index (χ3n) is 3.10. The Balaban J connectivity index is 1.70. The first kappa shape index (κ1) is 12.6. The van der Waals surface area contributed by atoms with Crippen LogP contribution in [0.5, 0.6) is 11.5 Å². The standard InChI is InChI=1S/C14H9Cl2N3O2/c15-7-1-8(16)3-9(2-7)17-14-18-10-4-12-13(21-6-20-12)5-11(10)19-14/h1-5H,6H2,(H2,17,18,19). The molecular weight excluding hydrogens is 313 g/mol. The fourth-order valence-electron chi connectivity index (χ4n) is 2.22. The molecule has 21 heavy (non-hydrogen) atoms. The van der Waals surface area contributed by atoms with Crippen molar-refractivity contribution in [3.63, 3.8) is 0 Å². The maximum atomic E-state index is 5.97. The third kappa shape index (κ3) is 2.34. The van der Waals surface area contributed by atoms with Gasteiger partial charge in [0.2, 0.25) is 12.7 Å². The molecule has 5 nitrogen and oxygen atoms in total. The van der Waals surface area contributed by atoms with Crippen molar-refractivity contribution in [3.05, 3.63) is 40.4 Å². The lowest BCUT2D eigenvalue weighted by atomic mass is 10.3. The zero-order chi connectivity index (χ0) is 14.4. The summed E-state index contributed by atoms with van der Waals surface area (Å²) in [7, 11) is 0. The van der Waals surface area contributed by atoms with Crippen molar-refractivity contribution in [1.82, 2.24) is 9.97 Å². The van der Waals surface area contributed by atoms with Crippen LogP contribution in [0.3, 0.4) is 0 Å². The number of hydrogen-bond acceptors (Lipinski definition) is 4. The molecule has 1 aliphatic heterocycles. The first-order valence-corrected chi connectivity index (χ1v) is 6.95. The summed E-state index contributed by atoms with van der Waals surface area (Å²) in [4.78, 5) is 7.63. The van der Waals surface area contributed by atoms with Crippen molar-refractivity contribution in [2.75, 3.05) is 12.1 Å². The molecule has 0 fully saturated rings. The Kier molecular flexibility index (Phi) is 2.83. The zero-order valence-corrected chi connectivity index (χ0v) is 12.1. The topological polar surface area (TPSA) is 59.2 Å². The minimum absolute atomic E-state index is 0.244. The highest BCUT2D eigenvalue weighted by Crippen LogP contribution is 2.36. The average molecular weight is 322 g/mol. The lowest BCUT2D eigenvalue weighted by molar-refractivity contribution is 0.174. The van der Waals surface area contributed by atoms with Crippen LogP contribution in [0.4, 0.5) is 11.6 Å². The van der Waals surface area contributed by atoms with Crippen LogP contribution in [0.2, 0.25) is 10.0 Å². The second-order valence-electron chi connectivity index (χ2n) is 4.59. The molecule has 4 rings (SSSR count). The average Bonchev–Trinajstić information content (AvgIpc) is 2.99. The van der Waals surface area contributed by atoms with E-state index in [2.05, 4.69) is 15.3 Å². The number of benzene rings is 2. The zero-order valence-electron chi connectivity index (χ0n) is 10.6. The molecule has 1 aromatic heterocycles. The molecule has 2 aromatic carbocycles. The summed E-state index contributed by atoms with van der Waals surface area (Å²) in [5.41, 5.74) is 2.40. The van der Waals surface area contributed by atoms with Crippen molar-refractivity contribution >= 4 is 45.9 Å². The number of aromatic nitrogens is 2. The third-order valence-corrected chi connectivity index (χ3v) is 3.54. The van der Waals surface area contributed by atoms with Crippen molar-refractivity contribution in [2.45, 2.75) is 0 Å². The Morgan fingerprint density at radius 3 is 2.48 bits per heavy atom. The van der Waals surface area contributed by atoms with Gasteiger partial charge in [-0.05, 0) is 18.2 Å². The van der Waals surface area contributed by atoms with E-state index in [9.17, 15) is 0 Å². The molecule has 0 radical (unpaired) electrons. The highest BCUT2D eigenvalue weighted by atomic mass is 35.5. The van der Waals surface area contributed by atoms with Crippen molar-refractivity contribution in [3.8, 4) is 11.5 Å². The second kappa shape index (κ2) is 4.72. The van der Waals surface area contributed by atoms with Crippen LogP contribution >= 0.6 is 23.2 Å². The number of anilines is 2. The van der Waals surface area contributed by atoms with Crippen LogP contribution in [0.1, 0.15) is 0 Å². The van der Waals surface area contributed by atoms with E-state index in [0.717, 1.165) is 16.7 Å². The maximum Gasteiger partial charge on any atom is 0.231 e. The lowest BCUT2D eigenvalue weighted by Gasteiger charge is -2.03. The minimum atomic E-state index is 0.244. The smallest absolute Gasteiger partial charge is 0.231 e. The number of fused-ring (bicyclic) bond motifs is 2. The molecule has 7 heteroatoms. The quantitative estimate of drug-likeness (QED) is 0.737. The van der Waals surface area contributed by atoms with Crippen LogP contribution in [0.25, 0.3) is 11.0 Å². The van der Waals surface area contributed by atoms with Gasteiger partial charge >= 0.3 is 0 Å². The Morgan fingerprint density at radius 2 is 1.71 bits per heavy atom. The number of nitrogens with one attached hydrogen (secondary N) is 2. The van der Waals surface area contributed by atoms with Crippen LogP contribution in [-0.4, -0.2) is 16.8 Å². The van der Waals surface area contributed by atoms with E-state index >= 15 is 0 Å². The molecule has 0 saturated heterocycles. The van der Waals surface area contributed by atoms with Crippen LogP contribution in [0.15, 0.2) is 30.3 Å². The predicted molar refractivity (Wildman–Crippen MR) is 82.0 cm³/mol. The number of ether oxygens (including phenoxy) is 2. The first-order valence-electron chi connectivity index (χ1n) is 6.20.